The third-order valence-corrected chi connectivity index (χ3v) is 2.80. The van der Waals surface area contributed by atoms with E-state index in [9.17, 15) is 5.11 Å². The molecule has 0 aromatic carbocycles. The van der Waals surface area contributed by atoms with Gasteiger partial charge in [0.1, 0.15) is 0 Å². The van der Waals surface area contributed by atoms with Crippen molar-refractivity contribution in [1.82, 2.24) is 10.3 Å². The van der Waals surface area contributed by atoms with Crippen LogP contribution in [0.4, 0.5) is 0 Å². The van der Waals surface area contributed by atoms with Crippen molar-refractivity contribution in [3.63, 3.8) is 0 Å². The summed E-state index contributed by atoms with van der Waals surface area (Å²) in [5.74, 6) is 0. The molecule has 2 N–H and O–H groups in total. The number of aliphatic hydroxyl groups excluding tert-OH is 1. The molecule has 3 nitrogen and oxygen atoms in total. The number of nitrogens with zero attached hydrogens (tertiary/aromatic N) is 1. The summed E-state index contributed by atoms with van der Waals surface area (Å²) >= 11 is 0. The van der Waals surface area contributed by atoms with E-state index in [0.29, 0.717) is 6.54 Å². The molecule has 0 bridgehead atoms. The number of aromatic nitrogens is 1. The molecule has 0 aliphatic carbocycles. The number of nitrogens with one attached hydrogen (secondary N) is 1. The van der Waals surface area contributed by atoms with E-state index in [-0.39, 0.29) is 12.1 Å². The minimum absolute atomic E-state index is 0.148. The maximum absolute atomic E-state index is 9.22. The Bertz CT molecular complexity index is 291. The predicted octanol–water partition coefficient (Wildman–Crippen LogP) is 1.64. The highest BCUT2D eigenvalue weighted by Gasteiger charge is 2.19. The van der Waals surface area contributed by atoms with Gasteiger partial charge in [0.15, 0.2) is 0 Å². The molecular weight excluding hydrogens is 188 g/mol. The van der Waals surface area contributed by atoms with E-state index in [0.717, 1.165) is 12.1 Å². The fourth-order valence-electron chi connectivity index (χ4n) is 1.20. The van der Waals surface area contributed by atoms with Gasteiger partial charge in [-0.2, -0.15) is 0 Å². The van der Waals surface area contributed by atoms with E-state index in [2.05, 4.69) is 17.2 Å². The summed E-state index contributed by atoms with van der Waals surface area (Å²) in [5, 5.41) is 12.5. The van der Waals surface area contributed by atoms with Crippen LogP contribution in [0.3, 0.4) is 0 Å². The van der Waals surface area contributed by atoms with Crippen LogP contribution in [-0.4, -0.2) is 22.2 Å². The molecule has 0 aliphatic rings. The molecular formula is C12H20N2O. The highest BCUT2D eigenvalue weighted by Crippen LogP contribution is 2.09. The molecule has 0 fully saturated rings. The number of aliphatic hydroxyl groups is 1. The van der Waals surface area contributed by atoms with Crippen LogP contribution >= 0.6 is 0 Å². The molecule has 0 saturated carbocycles. The van der Waals surface area contributed by atoms with Crippen molar-refractivity contribution in [2.24, 2.45) is 0 Å². The van der Waals surface area contributed by atoms with Gasteiger partial charge >= 0.3 is 0 Å². The summed E-state index contributed by atoms with van der Waals surface area (Å²) in [6.07, 6.45) is 2.76. The van der Waals surface area contributed by atoms with Gasteiger partial charge in [0.2, 0.25) is 0 Å². The van der Waals surface area contributed by atoms with E-state index in [1.165, 1.54) is 5.56 Å². The van der Waals surface area contributed by atoms with Crippen LogP contribution in [0.5, 0.6) is 0 Å². The van der Waals surface area contributed by atoms with Crippen molar-refractivity contribution in [2.75, 3.05) is 6.61 Å². The van der Waals surface area contributed by atoms with Crippen LogP contribution in [0.2, 0.25) is 0 Å². The van der Waals surface area contributed by atoms with Gasteiger partial charge in [0.25, 0.3) is 0 Å². The Labute approximate surface area is 91.5 Å². The van der Waals surface area contributed by atoms with Crippen LogP contribution in [0.25, 0.3) is 0 Å². The van der Waals surface area contributed by atoms with Crippen LogP contribution in [0.1, 0.15) is 31.5 Å². The molecule has 1 unspecified atom stereocenters. The second-order valence-electron chi connectivity index (χ2n) is 4.25. The SMILES string of the molecule is CCC(C)(CO)NCc1ccc(C)cn1. The quantitative estimate of drug-likeness (QED) is 0.773. The molecule has 1 aromatic rings. The van der Waals surface area contributed by atoms with Gasteiger partial charge in [-0.05, 0) is 31.9 Å². The third kappa shape index (κ3) is 3.61. The lowest BCUT2D eigenvalue weighted by atomic mass is 10.0. The molecule has 0 spiro atoms. The summed E-state index contributed by atoms with van der Waals surface area (Å²) in [6.45, 7) is 6.95. The van der Waals surface area contributed by atoms with Gasteiger partial charge < -0.3 is 10.4 Å². The van der Waals surface area contributed by atoms with Crippen molar-refractivity contribution in [2.45, 2.75) is 39.3 Å². The van der Waals surface area contributed by atoms with E-state index in [1.807, 2.05) is 32.2 Å². The Morgan fingerprint density at radius 3 is 2.67 bits per heavy atom. The van der Waals surface area contributed by atoms with Gasteiger partial charge in [-0.3, -0.25) is 4.98 Å². The van der Waals surface area contributed by atoms with Crippen molar-refractivity contribution in [3.05, 3.63) is 29.6 Å². The second-order valence-corrected chi connectivity index (χ2v) is 4.25. The lowest BCUT2D eigenvalue weighted by molar-refractivity contribution is 0.168. The van der Waals surface area contributed by atoms with Crippen LogP contribution < -0.4 is 5.32 Å². The Hall–Kier alpha value is -0.930. The predicted molar refractivity (Wildman–Crippen MR) is 61.6 cm³/mol. The molecule has 1 heterocycles. The molecule has 1 atom stereocenters. The van der Waals surface area contributed by atoms with Gasteiger partial charge in [-0.25, -0.2) is 0 Å². The maximum Gasteiger partial charge on any atom is 0.0610 e. The molecule has 0 radical (unpaired) electrons. The fourth-order valence-corrected chi connectivity index (χ4v) is 1.20. The first-order valence-corrected chi connectivity index (χ1v) is 5.37. The number of hydrogen-bond acceptors (Lipinski definition) is 3. The van der Waals surface area contributed by atoms with Gasteiger partial charge in [0, 0.05) is 18.3 Å². The normalized spacial score (nSPS) is 14.9. The van der Waals surface area contributed by atoms with Crippen molar-refractivity contribution < 1.29 is 5.11 Å². The smallest absolute Gasteiger partial charge is 0.0610 e. The summed E-state index contributed by atoms with van der Waals surface area (Å²) in [6, 6.07) is 4.06. The molecule has 84 valence electrons. The average Bonchev–Trinajstić information content (AvgIpc) is 2.28. The molecule has 1 rings (SSSR count). The van der Waals surface area contributed by atoms with Crippen molar-refractivity contribution in [3.8, 4) is 0 Å². The lowest BCUT2D eigenvalue weighted by Crippen LogP contribution is -2.44. The monoisotopic (exact) mass is 208 g/mol. The summed E-state index contributed by atoms with van der Waals surface area (Å²) < 4.78 is 0. The highest BCUT2D eigenvalue weighted by atomic mass is 16.3. The Morgan fingerprint density at radius 2 is 2.20 bits per heavy atom. The highest BCUT2D eigenvalue weighted by molar-refractivity contribution is 5.12. The maximum atomic E-state index is 9.22. The Morgan fingerprint density at radius 1 is 1.47 bits per heavy atom. The van der Waals surface area contributed by atoms with E-state index in [1.54, 1.807) is 0 Å². The third-order valence-electron chi connectivity index (χ3n) is 2.80. The van der Waals surface area contributed by atoms with E-state index in [4.69, 9.17) is 0 Å². The van der Waals surface area contributed by atoms with Gasteiger partial charge in [-0.1, -0.05) is 13.0 Å². The first-order chi connectivity index (χ1) is 7.09. The zero-order chi connectivity index (χ0) is 11.3. The number of pyridine rings is 1. The Kier molecular flexibility index (Phi) is 4.24. The van der Waals surface area contributed by atoms with Gasteiger partial charge in [0.05, 0.1) is 12.3 Å². The number of rotatable bonds is 5. The largest absolute Gasteiger partial charge is 0.394 e. The minimum Gasteiger partial charge on any atom is -0.394 e. The molecule has 0 saturated heterocycles. The van der Waals surface area contributed by atoms with Crippen molar-refractivity contribution in [1.29, 1.82) is 0 Å². The molecule has 0 amide bonds. The average molecular weight is 208 g/mol. The topological polar surface area (TPSA) is 45.1 Å². The standard InChI is InChI=1S/C12H20N2O/c1-4-12(3,9-15)14-8-11-6-5-10(2)7-13-11/h5-7,14-15H,4,8-9H2,1-3H3. The van der Waals surface area contributed by atoms with E-state index < -0.39 is 0 Å². The molecule has 0 aliphatic heterocycles. The van der Waals surface area contributed by atoms with E-state index >= 15 is 0 Å². The van der Waals surface area contributed by atoms with Crippen LogP contribution in [-0.2, 0) is 6.54 Å². The molecule has 1 aromatic heterocycles. The molecule has 3 heteroatoms. The lowest BCUT2D eigenvalue weighted by Gasteiger charge is -2.27. The van der Waals surface area contributed by atoms with Crippen LogP contribution in [0.15, 0.2) is 18.3 Å². The number of aryl methyl sites for hydroxylation is 1. The zero-order valence-electron chi connectivity index (χ0n) is 9.75. The zero-order valence-corrected chi connectivity index (χ0v) is 9.75. The van der Waals surface area contributed by atoms with Crippen LogP contribution in [0, 0.1) is 6.92 Å². The second kappa shape index (κ2) is 5.24. The first-order valence-electron chi connectivity index (χ1n) is 5.37. The summed E-state index contributed by atoms with van der Waals surface area (Å²) in [5.41, 5.74) is 1.97. The molecule has 15 heavy (non-hydrogen) atoms. The summed E-state index contributed by atoms with van der Waals surface area (Å²) in [4.78, 5) is 4.31. The minimum atomic E-state index is -0.202. The van der Waals surface area contributed by atoms with Gasteiger partial charge in [-0.15, -0.1) is 0 Å². The Balaban J connectivity index is 2.53. The number of hydrogen-bond donors (Lipinski definition) is 2. The first kappa shape index (κ1) is 12.1. The van der Waals surface area contributed by atoms with Crippen molar-refractivity contribution >= 4 is 0 Å². The fraction of sp³-hybridized carbons (Fsp3) is 0.583. The summed E-state index contributed by atoms with van der Waals surface area (Å²) in [7, 11) is 0.